The van der Waals surface area contributed by atoms with Gasteiger partial charge in [-0.05, 0) is 13.3 Å². The molecule has 2 atom stereocenters. The van der Waals surface area contributed by atoms with E-state index in [-0.39, 0.29) is 5.88 Å². The third-order valence-electron chi connectivity index (χ3n) is 2.18. The van der Waals surface area contributed by atoms with Gasteiger partial charge in [0.1, 0.15) is 0 Å². The zero-order valence-corrected chi connectivity index (χ0v) is 8.09. The van der Waals surface area contributed by atoms with E-state index in [4.69, 9.17) is 11.6 Å². The maximum Gasteiger partial charge on any atom is 0.0802 e. The van der Waals surface area contributed by atoms with Crippen LogP contribution in [0.5, 0.6) is 0 Å². The van der Waals surface area contributed by atoms with E-state index >= 15 is 0 Å². The molecular weight excluding hydrogens is 178 g/mol. The Labute approximate surface area is 77.9 Å². The first-order chi connectivity index (χ1) is 5.53. The molecule has 0 spiro atoms. The average molecular weight is 194 g/mol. The van der Waals surface area contributed by atoms with Crippen molar-refractivity contribution >= 4 is 11.6 Å². The van der Waals surface area contributed by atoms with Crippen LogP contribution < -0.4 is 0 Å². The predicted octanol–water partition coefficient (Wildman–Crippen LogP) is 0.0428. The summed E-state index contributed by atoms with van der Waals surface area (Å²) in [6.45, 7) is 3.88. The molecule has 2 N–H and O–H groups in total. The van der Waals surface area contributed by atoms with Crippen LogP contribution >= 0.6 is 11.6 Å². The van der Waals surface area contributed by atoms with Gasteiger partial charge in [0, 0.05) is 25.5 Å². The molecular formula is C8H16ClNO2. The van der Waals surface area contributed by atoms with Crippen molar-refractivity contribution in [3.63, 3.8) is 0 Å². The Morgan fingerprint density at radius 1 is 1.67 bits per heavy atom. The smallest absolute Gasteiger partial charge is 0.0802 e. The molecule has 0 aliphatic carbocycles. The van der Waals surface area contributed by atoms with Crippen LogP contribution in [0.1, 0.15) is 13.3 Å². The van der Waals surface area contributed by atoms with E-state index in [2.05, 4.69) is 0 Å². The SMILES string of the molecule is CC1(O)CCN(CC(O)CCl)C1. The van der Waals surface area contributed by atoms with Crippen LogP contribution in [0, 0.1) is 0 Å². The number of aliphatic hydroxyl groups is 2. The van der Waals surface area contributed by atoms with Gasteiger partial charge in [0.15, 0.2) is 0 Å². The van der Waals surface area contributed by atoms with Gasteiger partial charge in [-0.25, -0.2) is 0 Å². The van der Waals surface area contributed by atoms with Crippen LogP contribution in [0.25, 0.3) is 0 Å². The summed E-state index contributed by atoms with van der Waals surface area (Å²) in [5.74, 6) is 0.263. The molecule has 2 unspecified atom stereocenters. The Balaban J connectivity index is 2.28. The molecule has 12 heavy (non-hydrogen) atoms. The molecule has 1 aliphatic rings. The summed E-state index contributed by atoms with van der Waals surface area (Å²) in [5.41, 5.74) is -0.577. The maximum atomic E-state index is 9.59. The van der Waals surface area contributed by atoms with E-state index in [1.54, 1.807) is 0 Å². The van der Waals surface area contributed by atoms with E-state index in [1.807, 2.05) is 11.8 Å². The van der Waals surface area contributed by atoms with E-state index in [0.717, 1.165) is 13.0 Å². The summed E-state index contributed by atoms with van der Waals surface area (Å²) < 4.78 is 0. The number of rotatable bonds is 3. The minimum atomic E-state index is -0.577. The molecule has 72 valence electrons. The zero-order chi connectivity index (χ0) is 9.19. The average Bonchev–Trinajstić information content (AvgIpc) is 2.30. The lowest BCUT2D eigenvalue weighted by Crippen LogP contribution is -2.35. The highest BCUT2D eigenvalue weighted by atomic mass is 35.5. The van der Waals surface area contributed by atoms with Crippen molar-refractivity contribution in [1.29, 1.82) is 0 Å². The predicted molar refractivity (Wildman–Crippen MR) is 48.4 cm³/mol. The lowest BCUT2D eigenvalue weighted by atomic mass is 10.1. The van der Waals surface area contributed by atoms with Crippen molar-refractivity contribution in [2.75, 3.05) is 25.5 Å². The Bertz CT molecular complexity index is 152. The van der Waals surface area contributed by atoms with Crippen molar-refractivity contribution in [2.24, 2.45) is 0 Å². The van der Waals surface area contributed by atoms with Gasteiger partial charge in [0.05, 0.1) is 11.7 Å². The van der Waals surface area contributed by atoms with Gasteiger partial charge < -0.3 is 10.2 Å². The van der Waals surface area contributed by atoms with Crippen LogP contribution in [0.15, 0.2) is 0 Å². The zero-order valence-electron chi connectivity index (χ0n) is 7.33. The first kappa shape index (κ1) is 10.3. The van der Waals surface area contributed by atoms with E-state index < -0.39 is 11.7 Å². The third kappa shape index (κ3) is 2.90. The molecule has 1 rings (SSSR count). The fourth-order valence-corrected chi connectivity index (χ4v) is 1.64. The summed E-state index contributed by atoms with van der Waals surface area (Å²) in [7, 11) is 0. The van der Waals surface area contributed by atoms with Crippen LogP contribution in [-0.2, 0) is 0 Å². The highest BCUT2D eigenvalue weighted by Crippen LogP contribution is 2.19. The van der Waals surface area contributed by atoms with Crippen molar-refractivity contribution in [3.05, 3.63) is 0 Å². The molecule has 0 aromatic heterocycles. The molecule has 3 nitrogen and oxygen atoms in total. The Morgan fingerprint density at radius 2 is 2.33 bits per heavy atom. The second-order valence-corrected chi connectivity index (χ2v) is 4.10. The number of likely N-dealkylation sites (tertiary alicyclic amines) is 1. The monoisotopic (exact) mass is 193 g/mol. The van der Waals surface area contributed by atoms with Crippen molar-refractivity contribution in [1.82, 2.24) is 4.90 Å². The molecule has 0 aromatic rings. The van der Waals surface area contributed by atoms with Crippen LogP contribution in [0.4, 0.5) is 0 Å². The number of nitrogens with zero attached hydrogens (tertiary/aromatic N) is 1. The number of β-amino-alcohol motifs (C(OH)–C–C–N with tert-alkyl or cyclic N) is 2. The Hall–Kier alpha value is 0.170. The summed E-state index contributed by atoms with van der Waals surface area (Å²) in [6.07, 6.45) is 0.308. The van der Waals surface area contributed by atoms with Crippen molar-refractivity contribution in [2.45, 2.75) is 25.0 Å². The Kier molecular flexibility index (Phi) is 3.35. The third-order valence-corrected chi connectivity index (χ3v) is 2.53. The van der Waals surface area contributed by atoms with Crippen LogP contribution in [-0.4, -0.2) is 52.3 Å². The maximum absolute atomic E-state index is 9.59. The number of hydrogen-bond acceptors (Lipinski definition) is 3. The summed E-state index contributed by atoms with van der Waals surface area (Å²) in [4.78, 5) is 2.03. The minimum absolute atomic E-state index is 0.263. The quantitative estimate of drug-likeness (QED) is 0.623. The molecule has 0 amide bonds. The molecule has 1 aliphatic heterocycles. The molecule has 4 heteroatoms. The number of alkyl halides is 1. The minimum Gasteiger partial charge on any atom is -0.391 e. The number of aliphatic hydroxyl groups excluding tert-OH is 1. The summed E-state index contributed by atoms with van der Waals surface area (Å²) in [5, 5.41) is 18.8. The largest absolute Gasteiger partial charge is 0.391 e. The summed E-state index contributed by atoms with van der Waals surface area (Å²) >= 11 is 5.46. The van der Waals surface area contributed by atoms with Gasteiger partial charge >= 0.3 is 0 Å². The molecule has 0 radical (unpaired) electrons. The second kappa shape index (κ2) is 3.92. The molecule has 1 saturated heterocycles. The second-order valence-electron chi connectivity index (χ2n) is 3.79. The van der Waals surface area contributed by atoms with Gasteiger partial charge in [-0.15, -0.1) is 11.6 Å². The standard InChI is InChI=1S/C8H16ClNO2/c1-8(12)2-3-10(6-8)5-7(11)4-9/h7,11-12H,2-6H2,1H3. The van der Waals surface area contributed by atoms with E-state index in [9.17, 15) is 10.2 Å². The number of hydrogen-bond donors (Lipinski definition) is 2. The molecule has 0 saturated carbocycles. The van der Waals surface area contributed by atoms with Crippen molar-refractivity contribution < 1.29 is 10.2 Å². The highest BCUT2D eigenvalue weighted by Gasteiger charge is 2.31. The van der Waals surface area contributed by atoms with E-state index in [0.29, 0.717) is 13.1 Å². The fourth-order valence-electron chi connectivity index (χ4n) is 1.54. The van der Waals surface area contributed by atoms with Gasteiger partial charge in [0.25, 0.3) is 0 Å². The van der Waals surface area contributed by atoms with E-state index in [1.165, 1.54) is 0 Å². The fraction of sp³-hybridized carbons (Fsp3) is 1.00. The molecule has 0 bridgehead atoms. The lowest BCUT2D eigenvalue weighted by molar-refractivity contribution is 0.0608. The van der Waals surface area contributed by atoms with Crippen LogP contribution in [0.2, 0.25) is 0 Å². The normalized spacial score (nSPS) is 34.0. The first-order valence-corrected chi connectivity index (χ1v) is 4.76. The highest BCUT2D eigenvalue weighted by molar-refractivity contribution is 6.18. The summed E-state index contributed by atoms with van der Waals surface area (Å²) in [6, 6.07) is 0. The number of halogens is 1. The van der Waals surface area contributed by atoms with Gasteiger partial charge in [0.2, 0.25) is 0 Å². The van der Waals surface area contributed by atoms with Crippen molar-refractivity contribution in [3.8, 4) is 0 Å². The Morgan fingerprint density at radius 3 is 2.75 bits per heavy atom. The van der Waals surface area contributed by atoms with Crippen LogP contribution in [0.3, 0.4) is 0 Å². The molecule has 1 fully saturated rings. The van der Waals surface area contributed by atoms with Gasteiger partial charge in [-0.2, -0.15) is 0 Å². The topological polar surface area (TPSA) is 43.7 Å². The van der Waals surface area contributed by atoms with Gasteiger partial charge in [-0.3, -0.25) is 4.90 Å². The molecule has 1 heterocycles. The first-order valence-electron chi connectivity index (χ1n) is 4.22. The van der Waals surface area contributed by atoms with Gasteiger partial charge in [-0.1, -0.05) is 0 Å². The lowest BCUT2D eigenvalue weighted by Gasteiger charge is -2.20. The molecule has 0 aromatic carbocycles.